The van der Waals surface area contributed by atoms with Crippen LogP contribution in [0.1, 0.15) is 37.0 Å². The molecule has 3 aromatic carbocycles. The van der Waals surface area contributed by atoms with Crippen LogP contribution in [0.25, 0.3) is 0 Å². The van der Waals surface area contributed by atoms with Crippen LogP contribution < -0.4 is 5.32 Å². The van der Waals surface area contributed by atoms with Gasteiger partial charge in [0.15, 0.2) is 5.78 Å². The molecule has 0 aliphatic carbocycles. The van der Waals surface area contributed by atoms with Gasteiger partial charge in [0.05, 0.1) is 32.3 Å². The Bertz CT molecular complexity index is 1020. The molecule has 0 aliphatic rings. The molecule has 1 N–H and O–H groups in total. The third kappa shape index (κ3) is 9.47. The van der Waals surface area contributed by atoms with E-state index in [0.29, 0.717) is 26.2 Å². The number of carbonyl (C=O) groups is 2. The van der Waals surface area contributed by atoms with Crippen LogP contribution in [-0.4, -0.2) is 30.4 Å². The Morgan fingerprint density at radius 2 is 1.26 bits per heavy atom. The number of ketones is 1. The van der Waals surface area contributed by atoms with E-state index in [9.17, 15) is 9.59 Å². The summed E-state index contributed by atoms with van der Waals surface area (Å²) in [7, 11) is 0. The van der Waals surface area contributed by atoms with Crippen molar-refractivity contribution >= 4 is 11.7 Å². The number of rotatable bonds is 14. The van der Waals surface area contributed by atoms with Gasteiger partial charge in [0.2, 0.25) is 5.91 Å². The lowest BCUT2D eigenvalue weighted by atomic mass is 10.0. The molecule has 0 saturated heterocycles. The van der Waals surface area contributed by atoms with Crippen molar-refractivity contribution in [1.29, 1.82) is 0 Å². The smallest absolute Gasteiger partial charge is 0.227 e. The van der Waals surface area contributed by atoms with Gasteiger partial charge in [0.1, 0.15) is 6.10 Å². The summed E-state index contributed by atoms with van der Waals surface area (Å²) in [6, 6.07) is 29.2. The minimum absolute atomic E-state index is 0.166. The van der Waals surface area contributed by atoms with Gasteiger partial charge in [-0.2, -0.15) is 0 Å². The van der Waals surface area contributed by atoms with E-state index < -0.39 is 6.10 Å². The van der Waals surface area contributed by atoms with E-state index in [1.165, 1.54) is 0 Å². The lowest BCUT2D eigenvalue weighted by Gasteiger charge is -2.23. The summed E-state index contributed by atoms with van der Waals surface area (Å²) in [5.74, 6) is -0.368. The van der Waals surface area contributed by atoms with Crippen molar-refractivity contribution in [3.8, 4) is 0 Å². The largest absolute Gasteiger partial charge is 0.375 e. The fraction of sp³-hybridized carbons (Fsp3) is 0.333. The third-order valence-corrected chi connectivity index (χ3v) is 5.81. The number of benzene rings is 3. The molecule has 0 spiro atoms. The molecule has 35 heavy (non-hydrogen) atoms. The highest BCUT2D eigenvalue weighted by Gasteiger charge is 2.24. The van der Waals surface area contributed by atoms with E-state index in [4.69, 9.17) is 9.47 Å². The Morgan fingerprint density at radius 1 is 0.743 bits per heavy atom. The Balaban J connectivity index is 1.55. The SMILES string of the molecule is CC(C)C(COCc1ccccc1)NC(=O)CC(=O)C(Cc1ccccc1)OCc1ccccc1. The highest BCUT2D eigenvalue weighted by atomic mass is 16.5. The first kappa shape index (κ1) is 26.3. The molecule has 0 fully saturated rings. The van der Waals surface area contributed by atoms with Crippen LogP contribution in [0.5, 0.6) is 0 Å². The van der Waals surface area contributed by atoms with Gasteiger partial charge in [-0.25, -0.2) is 0 Å². The molecule has 5 nitrogen and oxygen atoms in total. The number of amides is 1. The standard InChI is InChI=1S/C30H35NO4/c1-23(2)27(22-34-20-25-14-8-4-9-15-25)31-30(33)19-28(32)29(18-24-12-6-3-7-13-24)35-21-26-16-10-5-11-17-26/h3-17,23,27,29H,18-22H2,1-2H3,(H,31,33). The maximum atomic E-state index is 13.1. The molecule has 0 aliphatic heterocycles. The minimum Gasteiger partial charge on any atom is -0.375 e. The summed E-state index contributed by atoms with van der Waals surface area (Å²) in [4.78, 5) is 25.9. The second kappa shape index (κ2) is 14.2. The fourth-order valence-corrected chi connectivity index (χ4v) is 3.67. The summed E-state index contributed by atoms with van der Waals surface area (Å²) in [6.45, 7) is 5.23. The van der Waals surface area contributed by atoms with Crippen LogP contribution in [0.15, 0.2) is 91.0 Å². The van der Waals surface area contributed by atoms with E-state index in [0.717, 1.165) is 16.7 Å². The Hall–Kier alpha value is -3.28. The molecular weight excluding hydrogens is 438 g/mol. The van der Waals surface area contributed by atoms with E-state index in [2.05, 4.69) is 5.32 Å². The van der Waals surface area contributed by atoms with Gasteiger partial charge in [-0.3, -0.25) is 9.59 Å². The van der Waals surface area contributed by atoms with Crippen molar-refractivity contribution in [3.63, 3.8) is 0 Å². The minimum atomic E-state index is -0.699. The van der Waals surface area contributed by atoms with Crippen molar-refractivity contribution in [2.45, 2.75) is 52.0 Å². The molecule has 0 bridgehead atoms. The number of Topliss-reactive ketones (excluding diaryl/α,β-unsaturated/α-hetero) is 1. The van der Waals surface area contributed by atoms with E-state index in [1.807, 2.05) is 105 Å². The Kier molecular flexibility index (Phi) is 10.7. The van der Waals surface area contributed by atoms with Crippen LogP contribution >= 0.6 is 0 Å². The van der Waals surface area contributed by atoms with Gasteiger partial charge in [-0.15, -0.1) is 0 Å². The third-order valence-electron chi connectivity index (χ3n) is 5.81. The molecule has 0 radical (unpaired) electrons. The van der Waals surface area contributed by atoms with Crippen molar-refractivity contribution in [1.82, 2.24) is 5.32 Å². The zero-order valence-corrected chi connectivity index (χ0v) is 20.6. The topological polar surface area (TPSA) is 64.6 Å². The zero-order valence-electron chi connectivity index (χ0n) is 20.6. The van der Waals surface area contributed by atoms with Crippen LogP contribution in [0.3, 0.4) is 0 Å². The fourth-order valence-electron chi connectivity index (χ4n) is 3.67. The molecule has 3 rings (SSSR count). The molecule has 0 saturated carbocycles. The Morgan fingerprint density at radius 3 is 1.80 bits per heavy atom. The average Bonchev–Trinajstić information content (AvgIpc) is 2.87. The molecular formula is C30H35NO4. The summed E-state index contributed by atoms with van der Waals surface area (Å²) in [5, 5.41) is 2.99. The number of hydrogen-bond acceptors (Lipinski definition) is 4. The maximum Gasteiger partial charge on any atom is 0.227 e. The van der Waals surface area contributed by atoms with Crippen LogP contribution in [0.4, 0.5) is 0 Å². The van der Waals surface area contributed by atoms with Crippen molar-refractivity contribution < 1.29 is 19.1 Å². The predicted octanol–water partition coefficient (Wildman–Crippen LogP) is 5.13. The number of ether oxygens (including phenoxy) is 2. The normalized spacial score (nSPS) is 12.8. The lowest BCUT2D eigenvalue weighted by Crippen LogP contribution is -2.43. The van der Waals surface area contributed by atoms with Crippen molar-refractivity contribution in [2.75, 3.05) is 6.61 Å². The summed E-state index contributed by atoms with van der Waals surface area (Å²) >= 11 is 0. The van der Waals surface area contributed by atoms with E-state index >= 15 is 0 Å². The molecule has 0 heterocycles. The predicted molar refractivity (Wildman–Crippen MR) is 138 cm³/mol. The monoisotopic (exact) mass is 473 g/mol. The van der Waals surface area contributed by atoms with Crippen molar-refractivity contribution in [2.24, 2.45) is 5.92 Å². The van der Waals surface area contributed by atoms with Gasteiger partial charge in [0.25, 0.3) is 0 Å². The van der Waals surface area contributed by atoms with E-state index in [1.54, 1.807) is 0 Å². The molecule has 5 heteroatoms. The lowest BCUT2D eigenvalue weighted by molar-refractivity contribution is -0.136. The quantitative estimate of drug-likeness (QED) is 0.330. The zero-order chi connectivity index (χ0) is 24.9. The van der Waals surface area contributed by atoms with Crippen molar-refractivity contribution in [3.05, 3.63) is 108 Å². The first-order chi connectivity index (χ1) is 17.0. The van der Waals surface area contributed by atoms with Crippen LogP contribution in [-0.2, 0) is 38.7 Å². The Labute approximate surface area is 208 Å². The maximum absolute atomic E-state index is 13.1. The second-order valence-corrected chi connectivity index (χ2v) is 9.04. The number of hydrogen-bond donors (Lipinski definition) is 1. The summed E-state index contributed by atoms with van der Waals surface area (Å²) in [5.41, 5.74) is 3.06. The summed E-state index contributed by atoms with van der Waals surface area (Å²) in [6.07, 6.45) is -0.503. The van der Waals surface area contributed by atoms with Crippen LogP contribution in [0.2, 0.25) is 0 Å². The molecule has 2 atom stereocenters. The number of carbonyl (C=O) groups excluding carboxylic acids is 2. The first-order valence-corrected chi connectivity index (χ1v) is 12.1. The first-order valence-electron chi connectivity index (χ1n) is 12.1. The second-order valence-electron chi connectivity index (χ2n) is 9.04. The highest BCUT2D eigenvalue weighted by Crippen LogP contribution is 2.13. The van der Waals surface area contributed by atoms with E-state index in [-0.39, 0.29) is 30.1 Å². The summed E-state index contributed by atoms with van der Waals surface area (Å²) < 4.78 is 11.8. The molecule has 2 unspecified atom stereocenters. The van der Waals surface area contributed by atoms with Gasteiger partial charge < -0.3 is 14.8 Å². The highest BCUT2D eigenvalue weighted by molar-refractivity contribution is 6.00. The van der Waals surface area contributed by atoms with Gasteiger partial charge >= 0.3 is 0 Å². The average molecular weight is 474 g/mol. The molecule has 3 aromatic rings. The molecule has 0 aromatic heterocycles. The van der Waals surface area contributed by atoms with Gasteiger partial charge in [-0.1, -0.05) is 105 Å². The van der Waals surface area contributed by atoms with Crippen LogP contribution in [0, 0.1) is 5.92 Å². The van der Waals surface area contributed by atoms with Gasteiger partial charge in [-0.05, 0) is 22.6 Å². The molecule has 184 valence electrons. The molecule has 1 amide bonds. The number of nitrogens with one attached hydrogen (secondary N) is 1. The van der Waals surface area contributed by atoms with Gasteiger partial charge in [0, 0.05) is 6.42 Å².